The molecule has 2 heterocycles. The third-order valence-electron chi connectivity index (χ3n) is 5.78. The fraction of sp³-hybridized carbons (Fsp3) is 0.320. The third kappa shape index (κ3) is 5.86. The van der Waals surface area contributed by atoms with Crippen molar-refractivity contribution in [3.8, 4) is 0 Å². The van der Waals surface area contributed by atoms with Gasteiger partial charge in [-0.1, -0.05) is 42.5 Å². The van der Waals surface area contributed by atoms with E-state index < -0.39 is 0 Å². The maximum atomic E-state index is 12.5. The van der Waals surface area contributed by atoms with Crippen LogP contribution in [-0.4, -0.2) is 65.4 Å². The molecule has 2 aliphatic rings. The molecule has 0 bridgehead atoms. The first-order valence-electron chi connectivity index (χ1n) is 11.3. The summed E-state index contributed by atoms with van der Waals surface area (Å²) in [5, 5.41) is 11.3. The van der Waals surface area contributed by atoms with Crippen molar-refractivity contribution < 1.29 is 19.2 Å². The van der Waals surface area contributed by atoms with Crippen molar-refractivity contribution in [3.63, 3.8) is 0 Å². The number of benzene rings is 2. The summed E-state index contributed by atoms with van der Waals surface area (Å²) in [5.74, 6) is -0.746. The largest absolute Gasteiger partial charge is 0.353 e. The lowest BCUT2D eigenvalue weighted by Crippen LogP contribution is -2.49. The molecule has 4 amide bonds. The van der Waals surface area contributed by atoms with Crippen LogP contribution in [0.4, 0.5) is 0 Å². The predicted octanol–water partition coefficient (Wildman–Crippen LogP) is 1.29. The molecule has 9 nitrogen and oxygen atoms in total. The highest BCUT2D eigenvalue weighted by Crippen LogP contribution is 2.15. The van der Waals surface area contributed by atoms with Crippen LogP contribution in [0.1, 0.15) is 40.7 Å². The fourth-order valence-corrected chi connectivity index (χ4v) is 3.87. The van der Waals surface area contributed by atoms with Gasteiger partial charge in [0.15, 0.2) is 0 Å². The van der Waals surface area contributed by atoms with Crippen molar-refractivity contribution in [1.82, 2.24) is 20.5 Å². The zero-order valence-corrected chi connectivity index (χ0v) is 18.8. The predicted molar refractivity (Wildman–Crippen MR) is 126 cm³/mol. The molecule has 4 rings (SSSR count). The minimum Gasteiger partial charge on any atom is -0.353 e. The van der Waals surface area contributed by atoms with Gasteiger partial charge in [-0.2, -0.15) is 5.10 Å². The van der Waals surface area contributed by atoms with Crippen LogP contribution in [0.2, 0.25) is 0 Å². The zero-order chi connectivity index (χ0) is 23.9. The summed E-state index contributed by atoms with van der Waals surface area (Å²) >= 11 is 0. The maximum absolute atomic E-state index is 12.5. The first-order chi connectivity index (χ1) is 16.5. The molecule has 0 aromatic heterocycles. The van der Waals surface area contributed by atoms with Crippen LogP contribution in [0.15, 0.2) is 59.7 Å². The lowest BCUT2D eigenvalue weighted by molar-refractivity contribution is -0.133. The van der Waals surface area contributed by atoms with Gasteiger partial charge in [0, 0.05) is 44.5 Å². The van der Waals surface area contributed by atoms with Gasteiger partial charge in [-0.25, -0.2) is 5.01 Å². The number of piperazine rings is 1. The van der Waals surface area contributed by atoms with Crippen molar-refractivity contribution in [2.24, 2.45) is 5.10 Å². The van der Waals surface area contributed by atoms with Gasteiger partial charge in [-0.3, -0.25) is 19.2 Å². The van der Waals surface area contributed by atoms with E-state index >= 15 is 0 Å². The van der Waals surface area contributed by atoms with E-state index in [2.05, 4.69) is 15.7 Å². The molecule has 2 aromatic carbocycles. The summed E-state index contributed by atoms with van der Waals surface area (Å²) in [5.41, 5.74) is 3.22. The van der Waals surface area contributed by atoms with Crippen LogP contribution < -0.4 is 10.6 Å². The molecular weight excluding hydrogens is 434 g/mol. The highest BCUT2D eigenvalue weighted by atomic mass is 16.2. The highest BCUT2D eigenvalue weighted by molar-refractivity contribution is 6.02. The van der Waals surface area contributed by atoms with E-state index in [1.165, 1.54) is 9.91 Å². The third-order valence-corrected chi connectivity index (χ3v) is 5.78. The van der Waals surface area contributed by atoms with E-state index in [9.17, 15) is 19.2 Å². The molecule has 34 heavy (non-hydrogen) atoms. The van der Waals surface area contributed by atoms with Gasteiger partial charge in [-0.15, -0.1) is 0 Å². The second-order valence-electron chi connectivity index (χ2n) is 8.23. The van der Waals surface area contributed by atoms with E-state index in [-0.39, 0.29) is 43.0 Å². The molecule has 0 saturated carbocycles. The van der Waals surface area contributed by atoms with Gasteiger partial charge in [0.2, 0.25) is 17.7 Å². The molecule has 2 aromatic rings. The Balaban J connectivity index is 1.20. The van der Waals surface area contributed by atoms with E-state index in [0.717, 1.165) is 16.8 Å². The number of hydrazone groups is 1. The van der Waals surface area contributed by atoms with Crippen molar-refractivity contribution >= 4 is 29.3 Å². The second kappa shape index (κ2) is 10.7. The molecule has 2 aliphatic heterocycles. The summed E-state index contributed by atoms with van der Waals surface area (Å²) in [6.07, 6.45) is 0.874. The number of carbonyl (C=O) groups excluding carboxylic acids is 4. The second-order valence-corrected chi connectivity index (χ2v) is 8.23. The minimum atomic E-state index is -0.223. The molecule has 0 unspecified atom stereocenters. The summed E-state index contributed by atoms with van der Waals surface area (Å²) in [7, 11) is 0. The van der Waals surface area contributed by atoms with Crippen LogP contribution in [0.5, 0.6) is 0 Å². The van der Waals surface area contributed by atoms with Gasteiger partial charge in [0.1, 0.15) is 0 Å². The summed E-state index contributed by atoms with van der Waals surface area (Å²) < 4.78 is 0. The number of hydrogen-bond donors (Lipinski definition) is 2. The fourth-order valence-electron chi connectivity index (χ4n) is 3.87. The highest BCUT2D eigenvalue weighted by Gasteiger charge is 2.23. The molecule has 0 aliphatic carbocycles. The number of hydrogen-bond acceptors (Lipinski definition) is 5. The van der Waals surface area contributed by atoms with Crippen molar-refractivity contribution in [1.29, 1.82) is 0 Å². The minimum absolute atomic E-state index is 0.0612. The van der Waals surface area contributed by atoms with E-state index in [0.29, 0.717) is 38.2 Å². The molecule has 9 heteroatoms. The Morgan fingerprint density at radius 1 is 0.971 bits per heavy atom. The lowest BCUT2D eigenvalue weighted by Gasteiger charge is -2.26. The zero-order valence-electron chi connectivity index (χ0n) is 18.8. The van der Waals surface area contributed by atoms with Gasteiger partial charge >= 0.3 is 0 Å². The number of carbonyl (C=O) groups is 4. The standard InChI is InChI=1S/C25H27N5O4/c31-22(10-11-24(33)30-14-12-21(28-30)19-4-2-1-3-5-19)27-16-18-6-8-20(9-7-18)25(34)29-15-13-26-23(32)17-29/h1-9H,10-17H2,(H,26,32)(H,27,31). The normalized spacial score (nSPS) is 15.5. The molecular formula is C25H27N5O4. The Labute approximate surface area is 197 Å². The quantitative estimate of drug-likeness (QED) is 0.647. The van der Waals surface area contributed by atoms with Gasteiger partial charge in [0.05, 0.1) is 18.8 Å². The number of amides is 4. The Bertz CT molecular complexity index is 1100. The van der Waals surface area contributed by atoms with E-state index in [4.69, 9.17) is 0 Å². The number of nitrogens with one attached hydrogen (secondary N) is 2. The number of rotatable bonds is 7. The summed E-state index contributed by atoms with van der Waals surface area (Å²) in [4.78, 5) is 50.2. The smallest absolute Gasteiger partial charge is 0.254 e. The van der Waals surface area contributed by atoms with Gasteiger partial charge in [0.25, 0.3) is 5.91 Å². The Kier molecular flexibility index (Phi) is 7.31. The first kappa shape index (κ1) is 23.2. The average molecular weight is 462 g/mol. The molecule has 176 valence electrons. The Morgan fingerprint density at radius 3 is 2.47 bits per heavy atom. The Morgan fingerprint density at radius 2 is 1.74 bits per heavy atom. The molecule has 0 radical (unpaired) electrons. The van der Waals surface area contributed by atoms with Crippen LogP contribution in [0.3, 0.4) is 0 Å². The molecule has 1 fully saturated rings. The van der Waals surface area contributed by atoms with Crippen LogP contribution >= 0.6 is 0 Å². The first-order valence-corrected chi connectivity index (χ1v) is 11.3. The number of nitrogens with zero attached hydrogens (tertiary/aromatic N) is 3. The molecule has 1 saturated heterocycles. The van der Waals surface area contributed by atoms with Crippen molar-refractivity contribution in [3.05, 3.63) is 71.3 Å². The van der Waals surface area contributed by atoms with E-state index in [1.54, 1.807) is 24.3 Å². The van der Waals surface area contributed by atoms with Gasteiger partial charge in [-0.05, 0) is 23.3 Å². The van der Waals surface area contributed by atoms with Crippen LogP contribution in [0, 0.1) is 0 Å². The molecule has 0 atom stereocenters. The SMILES string of the molecule is O=C(CCC(=O)N1CCC(c2ccccc2)=N1)NCc1ccc(C(=O)N2CCNC(=O)C2)cc1. The van der Waals surface area contributed by atoms with Crippen molar-refractivity contribution in [2.45, 2.75) is 25.8 Å². The monoisotopic (exact) mass is 461 g/mol. The summed E-state index contributed by atoms with van der Waals surface area (Å²) in [6.45, 7) is 1.82. The van der Waals surface area contributed by atoms with Crippen LogP contribution in [-0.2, 0) is 20.9 Å². The van der Waals surface area contributed by atoms with Gasteiger partial charge < -0.3 is 15.5 Å². The lowest BCUT2D eigenvalue weighted by atomic mass is 10.1. The van der Waals surface area contributed by atoms with E-state index in [1.807, 2.05) is 30.3 Å². The topological polar surface area (TPSA) is 111 Å². The van der Waals surface area contributed by atoms with Crippen molar-refractivity contribution in [2.75, 3.05) is 26.2 Å². The molecule has 0 spiro atoms. The maximum Gasteiger partial charge on any atom is 0.254 e. The van der Waals surface area contributed by atoms with Crippen LogP contribution in [0.25, 0.3) is 0 Å². The summed E-state index contributed by atoms with van der Waals surface area (Å²) in [6, 6.07) is 16.7. The Hall–Kier alpha value is -4.01. The molecule has 2 N–H and O–H groups in total. The average Bonchev–Trinajstić information content (AvgIpc) is 3.37.